The molecule has 3 rings (SSSR count). The lowest BCUT2D eigenvalue weighted by Gasteiger charge is -2.19. The predicted octanol–water partition coefficient (Wildman–Crippen LogP) is 3.15. The SMILES string of the molecule is CN(Cc1ccc(OC(F)F)cc1)Cc1nc2ccccc2c(=O)n1CC#N. The number of nitrogens with zero attached hydrogens (tertiary/aromatic N) is 4. The van der Waals surface area contributed by atoms with Gasteiger partial charge in [0.25, 0.3) is 5.56 Å². The number of aromatic nitrogens is 2. The van der Waals surface area contributed by atoms with E-state index < -0.39 is 6.61 Å². The summed E-state index contributed by atoms with van der Waals surface area (Å²) in [6, 6.07) is 15.4. The lowest BCUT2D eigenvalue weighted by atomic mass is 10.2. The second kappa shape index (κ2) is 8.59. The molecular formula is C20H18F2N4O2. The van der Waals surface area contributed by atoms with Crippen LogP contribution in [-0.2, 0) is 19.6 Å². The van der Waals surface area contributed by atoms with Gasteiger partial charge in [0.2, 0.25) is 0 Å². The summed E-state index contributed by atoms with van der Waals surface area (Å²) in [5, 5.41) is 9.55. The van der Waals surface area contributed by atoms with E-state index in [4.69, 9.17) is 5.26 Å². The van der Waals surface area contributed by atoms with E-state index in [1.165, 1.54) is 16.7 Å². The third-order valence-electron chi connectivity index (χ3n) is 4.18. The number of para-hydroxylation sites is 1. The van der Waals surface area contributed by atoms with Crippen LogP contribution >= 0.6 is 0 Å². The maximum absolute atomic E-state index is 12.7. The number of rotatable bonds is 7. The highest BCUT2D eigenvalue weighted by Gasteiger charge is 2.13. The third kappa shape index (κ3) is 4.50. The first-order valence-corrected chi connectivity index (χ1v) is 8.55. The first-order chi connectivity index (χ1) is 13.5. The van der Waals surface area contributed by atoms with Crippen LogP contribution in [0.2, 0.25) is 0 Å². The van der Waals surface area contributed by atoms with Crippen molar-refractivity contribution in [1.29, 1.82) is 5.26 Å². The van der Waals surface area contributed by atoms with Crippen molar-refractivity contribution in [2.45, 2.75) is 26.2 Å². The fourth-order valence-corrected chi connectivity index (χ4v) is 2.95. The molecule has 0 aliphatic rings. The lowest BCUT2D eigenvalue weighted by molar-refractivity contribution is -0.0498. The Morgan fingerprint density at radius 2 is 1.89 bits per heavy atom. The predicted molar refractivity (Wildman–Crippen MR) is 99.9 cm³/mol. The Kier molecular flexibility index (Phi) is 5.96. The maximum atomic E-state index is 12.7. The second-order valence-electron chi connectivity index (χ2n) is 6.29. The minimum Gasteiger partial charge on any atom is -0.435 e. The van der Waals surface area contributed by atoms with E-state index in [0.29, 0.717) is 29.8 Å². The van der Waals surface area contributed by atoms with Crippen molar-refractivity contribution in [2.75, 3.05) is 7.05 Å². The Morgan fingerprint density at radius 3 is 2.57 bits per heavy atom. The molecule has 0 amide bonds. The van der Waals surface area contributed by atoms with Gasteiger partial charge in [-0.05, 0) is 36.9 Å². The molecule has 0 atom stereocenters. The van der Waals surface area contributed by atoms with E-state index in [2.05, 4.69) is 9.72 Å². The number of ether oxygens (including phenoxy) is 1. The molecule has 144 valence electrons. The minimum atomic E-state index is -2.86. The largest absolute Gasteiger partial charge is 0.435 e. The van der Waals surface area contributed by atoms with Crippen LogP contribution in [0, 0.1) is 11.3 Å². The molecule has 0 saturated carbocycles. The number of halogens is 2. The molecule has 3 aromatic rings. The van der Waals surface area contributed by atoms with E-state index in [-0.39, 0.29) is 17.9 Å². The second-order valence-corrected chi connectivity index (χ2v) is 6.29. The monoisotopic (exact) mass is 384 g/mol. The van der Waals surface area contributed by atoms with Crippen LogP contribution in [0.5, 0.6) is 5.75 Å². The van der Waals surface area contributed by atoms with Gasteiger partial charge < -0.3 is 4.74 Å². The zero-order valence-electron chi connectivity index (χ0n) is 15.2. The molecular weight excluding hydrogens is 366 g/mol. The number of hydrogen-bond donors (Lipinski definition) is 0. The summed E-state index contributed by atoms with van der Waals surface area (Å²) in [6.45, 7) is -2.09. The maximum Gasteiger partial charge on any atom is 0.387 e. The van der Waals surface area contributed by atoms with Gasteiger partial charge in [-0.1, -0.05) is 24.3 Å². The van der Waals surface area contributed by atoms with Crippen molar-refractivity contribution in [2.24, 2.45) is 0 Å². The number of alkyl halides is 2. The fraction of sp³-hybridized carbons (Fsp3) is 0.250. The summed E-state index contributed by atoms with van der Waals surface area (Å²) in [7, 11) is 1.85. The van der Waals surface area contributed by atoms with Crippen molar-refractivity contribution in [3.8, 4) is 11.8 Å². The normalized spacial score (nSPS) is 11.1. The lowest BCUT2D eigenvalue weighted by Crippen LogP contribution is -2.29. The van der Waals surface area contributed by atoms with Gasteiger partial charge in [-0.15, -0.1) is 0 Å². The molecule has 0 aliphatic carbocycles. The van der Waals surface area contributed by atoms with Crippen molar-refractivity contribution < 1.29 is 13.5 Å². The Balaban J connectivity index is 1.80. The Hall–Kier alpha value is -3.31. The van der Waals surface area contributed by atoms with Gasteiger partial charge in [-0.2, -0.15) is 14.0 Å². The molecule has 0 bridgehead atoms. The van der Waals surface area contributed by atoms with Crippen molar-refractivity contribution in [1.82, 2.24) is 14.5 Å². The molecule has 2 aromatic carbocycles. The van der Waals surface area contributed by atoms with E-state index in [0.717, 1.165) is 5.56 Å². The molecule has 1 heterocycles. The van der Waals surface area contributed by atoms with Crippen molar-refractivity contribution in [3.63, 3.8) is 0 Å². The van der Waals surface area contributed by atoms with E-state index in [1.54, 1.807) is 36.4 Å². The van der Waals surface area contributed by atoms with Gasteiger partial charge in [0.05, 0.1) is 23.5 Å². The van der Waals surface area contributed by atoms with E-state index in [1.807, 2.05) is 18.0 Å². The molecule has 0 spiro atoms. The van der Waals surface area contributed by atoms with Gasteiger partial charge in [0, 0.05) is 6.54 Å². The highest BCUT2D eigenvalue weighted by Crippen LogP contribution is 2.16. The summed E-state index contributed by atoms with van der Waals surface area (Å²) in [5.41, 5.74) is 1.22. The first-order valence-electron chi connectivity index (χ1n) is 8.55. The van der Waals surface area contributed by atoms with Gasteiger partial charge in [0.15, 0.2) is 0 Å². The third-order valence-corrected chi connectivity index (χ3v) is 4.18. The summed E-state index contributed by atoms with van der Waals surface area (Å²) in [4.78, 5) is 19.2. The number of nitriles is 1. The summed E-state index contributed by atoms with van der Waals surface area (Å²) >= 11 is 0. The van der Waals surface area contributed by atoms with Crippen LogP contribution < -0.4 is 10.3 Å². The molecule has 8 heteroatoms. The molecule has 6 nitrogen and oxygen atoms in total. The minimum absolute atomic E-state index is 0.0838. The van der Waals surface area contributed by atoms with E-state index >= 15 is 0 Å². The highest BCUT2D eigenvalue weighted by molar-refractivity contribution is 5.77. The van der Waals surface area contributed by atoms with Gasteiger partial charge >= 0.3 is 6.61 Å². The molecule has 0 saturated heterocycles. The molecule has 28 heavy (non-hydrogen) atoms. The number of benzene rings is 2. The quantitative estimate of drug-likeness (QED) is 0.626. The van der Waals surface area contributed by atoms with Gasteiger partial charge in [-0.25, -0.2) is 4.98 Å². The van der Waals surface area contributed by atoms with Crippen LogP contribution in [0.4, 0.5) is 8.78 Å². The van der Waals surface area contributed by atoms with E-state index in [9.17, 15) is 13.6 Å². The fourth-order valence-electron chi connectivity index (χ4n) is 2.95. The molecule has 0 N–H and O–H groups in total. The summed E-state index contributed by atoms with van der Waals surface area (Å²) < 4.78 is 30.2. The Bertz CT molecular complexity index is 1060. The first kappa shape index (κ1) is 19.5. The Labute approximate surface area is 160 Å². The van der Waals surface area contributed by atoms with Crippen molar-refractivity contribution >= 4 is 10.9 Å². The zero-order valence-corrected chi connectivity index (χ0v) is 15.2. The van der Waals surface area contributed by atoms with Crippen LogP contribution in [0.3, 0.4) is 0 Å². The summed E-state index contributed by atoms with van der Waals surface area (Å²) in [6.07, 6.45) is 0. The summed E-state index contributed by atoms with van der Waals surface area (Å²) in [5.74, 6) is 0.589. The topological polar surface area (TPSA) is 71.2 Å². The van der Waals surface area contributed by atoms with Crippen molar-refractivity contribution in [3.05, 3.63) is 70.3 Å². The molecule has 0 unspecified atom stereocenters. The average molecular weight is 384 g/mol. The number of fused-ring (bicyclic) bond motifs is 1. The van der Waals surface area contributed by atoms with Gasteiger partial charge in [-0.3, -0.25) is 14.3 Å². The zero-order chi connectivity index (χ0) is 20.1. The highest BCUT2D eigenvalue weighted by atomic mass is 19.3. The molecule has 0 fully saturated rings. The molecule has 1 aromatic heterocycles. The Morgan fingerprint density at radius 1 is 1.18 bits per heavy atom. The van der Waals surface area contributed by atoms with Crippen LogP contribution in [0.1, 0.15) is 11.4 Å². The van der Waals surface area contributed by atoms with Crippen LogP contribution in [-0.4, -0.2) is 28.1 Å². The van der Waals surface area contributed by atoms with Crippen LogP contribution in [0.15, 0.2) is 53.3 Å². The molecule has 0 radical (unpaired) electrons. The molecule has 0 aliphatic heterocycles. The standard InChI is InChI=1S/C20H18F2N4O2/c1-25(12-14-6-8-15(9-7-14)28-20(21)22)13-18-24-17-5-3-2-4-16(17)19(27)26(18)11-10-23/h2-9,20H,11-13H2,1H3. The van der Waals surface area contributed by atoms with Crippen LogP contribution in [0.25, 0.3) is 10.9 Å². The number of hydrogen-bond acceptors (Lipinski definition) is 5. The van der Waals surface area contributed by atoms with Gasteiger partial charge in [0.1, 0.15) is 18.1 Å². The average Bonchev–Trinajstić information content (AvgIpc) is 2.66. The smallest absolute Gasteiger partial charge is 0.387 e.